The van der Waals surface area contributed by atoms with E-state index in [0.717, 1.165) is 29.2 Å². The van der Waals surface area contributed by atoms with Crippen LogP contribution in [0, 0.1) is 11.7 Å². The molecule has 2 aliphatic rings. The Morgan fingerprint density at radius 3 is 2.97 bits per heavy atom. The van der Waals surface area contributed by atoms with Crippen LogP contribution < -0.4 is 15.4 Å². The van der Waals surface area contributed by atoms with Crippen molar-refractivity contribution < 1.29 is 13.9 Å². The Hall–Kier alpha value is -2.43. The van der Waals surface area contributed by atoms with Gasteiger partial charge in [0, 0.05) is 34.5 Å². The van der Waals surface area contributed by atoms with Crippen LogP contribution in [0.2, 0.25) is 0 Å². The molecule has 1 aliphatic heterocycles. The van der Waals surface area contributed by atoms with Gasteiger partial charge in [-0.05, 0) is 45.1 Å². The molecule has 0 unspecified atom stereocenters. The van der Waals surface area contributed by atoms with Gasteiger partial charge in [-0.1, -0.05) is 23.1 Å². The van der Waals surface area contributed by atoms with E-state index < -0.39 is 0 Å². The summed E-state index contributed by atoms with van der Waals surface area (Å²) in [6.45, 7) is 1.78. The van der Waals surface area contributed by atoms with Gasteiger partial charge in [0.25, 0.3) is 0 Å². The van der Waals surface area contributed by atoms with Crippen molar-refractivity contribution in [3.8, 4) is 5.75 Å². The van der Waals surface area contributed by atoms with Crippen molar-refractivity contribution in [3.05, 3.63) is 40.0 Å². The van der Waals surface area contributed by atoms with Crippen LogP contribution in [0.4, 0.5) is 15.2 Å². The third-order valence-electron chi connectivity index (χ3n) is 4.60. The van der Waals surface area contributed by atoms with Crippen molar-refractivity contribution >= 4 is 51.1 Å². The van der Waals surface area contributed by atoms with E-state index in [1.165, 1.54) is 29.2 Å². The van der Waals surface area contributed by atoms with Crippen molar-refractivity contribution in [1.82, 2.24) is 9.88 Å². The molecule has 1 fully saturated rings. The lowest BCUT2D eigenvalue weighted by Gasteiger charge is -2.12. The molecule has 2 aromatic rings. The highest BCUT2D eigenvalue weighted by Gasteiger charge is 2.30. The molecule has 4 rings (SSSR count). The minimum absolute atomic E-state index is 0.0507. The number of thioether (sulfide) groups is 1. The summed E-state index contributed by atoms with van der Waals surface area (Å²) in [5.74, 6) is 0.315. The summed E-state index contributed by atoms with van der Waals surface area (Å²) in [5, 5.41) is 7.15. The topological polar surface area (TPSA) is 78.8 Å². The van der Waals surface area contributed by atoms with E-state index in [4.69, 9.17) is 4.74 Å². The first kappa shape index (κ1) is 21.8. The molecule has 0 atom stereocenters. The number of anilines is 2. The van der Waals surface area contributed by atoms with Crippen molar-refractivity contribution in [2.45, 2.75) is 12.8 Å². The molecule has 1 amide bonds. The summed E-state index contributed by atoms with van der Waals surface area (Å²) in [5.41, 5.74) is 0.357. The first-order valence-electron chi connectivity index (χ1n) is 10.00. The SMILES string of the molecule is CN(C)CCOc1ccc(NC2=NC/C(=C/c3cnc(NC(=O)C4CC4)s3)S2)c(F)c1. The Morgan fingerprint density at radius 1 is 1.39 bits per heavy atom. The molecule has 0 bridgehead atoms. The maximum atomic E-state index is 14.4. The van der Waals surface area contributed by atoms with Gasteiger partial charge in [0.15, 0.2) is 10.3 Å². The lowest BCUT2D eigenvalue weighted by atomic mass is 10.3. The van der Waals surface area contributed by atoms with Gasteiger partial charge in [-0.25, -0.2) is 9.37 Å². The molecular weight excluding hydrogens is 437 g/mol. The summed E-state index contributed by atoms with van der Waals surface area (Å²) >= 11 is 2.89. The van der Waals surface area contributed by atoms with Crippen LogP contribution in [-0.2, 0) is 4.79 Å². The van der Waals surface area contributed by atoms with Crippen LogP contribution in [0.3, 0.4) is 0 Å². The minimum Gasteiger partial charge on any atom is -0.492 e. The van der Waals surface area contributed by atoms with Gasteiger partial charge in [-0.3, -0.25) is 9.79 Å². The van der Waals surface area contributed by atoms with Crippen molar-refractivity contribution in [1.29, 1.82) is 0 Å². The number of nitrogens with zero attached hydrogens (tertiary/aromatic N) is 3. The Labute approximate surface area is 188 Å². The van der Waals surface area contributed by atoms with E-state index in [2.05, 4.69) is 20.6 Å². The Morgan fingerprint density at radius 2 is 2.23 bits per heavy atom. The highest BCUT2D eigenvalue weighted by atomic mass is 32.2. The molecule has 2 N–H and O–H groups in total. The number of benzene rings is 1. The van der Waals surface area contributed by atoms with Crippen molar-refractivity contribution in [2.75, 3.05) is 44.4 Å². The smallest absolute Gasteiger partial charge is 0.229 e. The van der Waals surface area contributed by atoms with E-state index >= 15 is 0 Å². The van der Waals surface area contributed by atoms with E-state index in [0.29, 0.717) is 34.9 Å². The molecule has 10 heteroatoms. The number of rotatable bonds is 8. The molecule has 1 aromatic heterocycles. The second kappa shape index (κ2) is 9.80. The zero-order chi connectivity index (χ0) is 21.8. The van der Waals surface area contributed by atoms with Gasteiger partial charge >= 0.3 is 0 Å². The summed E-state index contributed by atoms with van der Waals surface area (Å²) in [6, 6.07) is 4.78. The van der Waals surface area contributed by atoms with Crippen molar-refractivity contribution in [3.63, 3.8) is 0 Å². The number of aromatic nitrogens is 1. The summed E-state index contributed by atoms with van der Waals surface area (Å²) in [4.78, 5) is 24.5. The van der Waals surface area contributed by atoms with Gasteiger partial charge in [0.1, 0.15) is 18.2 Å². The number of hydrogen-bond donors (Lipinski definition) is 2. The van der Waals surface area contributed by atoms with Crippen LogP contribution in [0.1, 0.15) is 17.7 Å². The maximum absolute atomic E-state index is 14.4. The predicted molar refractivity (Wildman–Crippen MR) is 125 cm³/mol. The van der Waals surface area contributed by atoms with E-state index in [-0.39, 0.29) is 17.6 Å². The van der Waals surface area contributed by atoms with E-state index in [1.807, 2.05) is 25.1 Å². The number of ether oxygens (including phenoxy) is 1. The largest absolute Gasteiger partial charge is 0.492 e. The second-order valence-corrected chi connectivity index (χ2v) is 9.76. The average molecular weight is 462 g/mol. The standard InChI is InChI=1S/C21H24FN5O2S2/c1-27(2)7-8-29-14-5-6-18(17(22)9-14)25-20-23-11-15(30-20)10-16-12-24-21(31-16)26-19(28)13-3-4-13/h5-6,9-10,12-13H,3-4,7-8,11H2,1-2H3,(H,23,25)(H,24,26,28)/b15-10-. The minimum atomic E-state index is -0.387. The molecule has 7 nitrogen and oxygen atoms in total. The number of hydrogen-bond acceptors (Lipinski definition) is 8. The van der Waals surface area contributed by atoms with Gasteiger partial charge < -0.3 is 20.3 Å². The van der Waals surface area contributed by atoms with Crippen LogP contribution >= 0.6 is 23.1 Å². The molecule has 0 saturated heterocycles. The fourth-order valence-corrected chi connectivity index (χ4v) is 4.46. The Balaban J connectivity index is 1.29. The summed E-state index contributed by atoms with van der Waals surface area (Å²) < 4.78 is 20.0. The number of amides is 1. The molecule has 1 aliphatic carbocycles. The number of nitrogens with one attached hydrogen (secondary N) is 2. The normalized spacial score (nSPS) is 17.2. The van der Waals surface area contributed by atoms with Crippen LogP contribution in [0.5, 0.6) is 5.75 Å². The quantitative estimate of drug-likeness (QED) is 0.616. The lowest BCUT2D eigenvalue weighted by molar-refractivity contribution is -0.117. The number of amidine groups is 1. The zero-order valence-corrected chi connectivity index (χ0v) is 19.0. The average Bonchev–Trinajstić information content (AvgIpc) is 3.35. The number of thiazole rings is 1. The predicted octanol–water partition coefficient (Wildman–Crippen LogP) is 4.13. The van der Waals surface area contributed by atoms with E-state index in [1.54, 1.807) is 18.3 Å². The van der Waals surface area contributed by atoms with Gasteiger partial charge in [0.2, 0.25) is 5.91 Å². The van der Waals surface area contributed by atoms with Gasteiger partial charge in [-0.15, -0.1) is 0 Å². The Bertz CT molecular complexity index is 1020. The molecule has 1 aromatic carbocycles. The van der Waals surface area contributed by atoms with E-state index in [9.17, 15) is 9.18 Å². The third-order valence-corrected chi connectivity index (χ3v) is 6.39. The molecular formula is C21H24FN5O2S2. The molecule has 0 radical (unpaired) electrons. The monoisotopic (exact) mass is 461 g/mol. The third kappa shape index (κ3) is 6.28. The summed E-state index contributed by atoms with van der Waals surface area (Å²) in [7, 11) is 3.92. The summed E-state index contributed by atoms with van der Waals surface area (Å²) in [6.07, 6.45) is 5.65. The number of carbonyl (C=O) groups excluding carboxylic acids is 1. The first-order valence-corrected chi connectivity index (χ1v) is 11.6. The van der Waals surface area contributed by atoms with Gasteiger partial charge in [-0.2, -0.15) is 0 Å². The first-order chi connectivity index (χ1) is 15.0. The molecule has 1 saturated carbocycles. The number of aliphatic imine (C=N–C) groups is 1. The second-order valence-electron chi connectivity index (χ2n) is 7.58. The maximum Gasteiger partial charge on any atom is 0.229 e. The van der Waals surface area contributed by atoms with Crippen LogP contribution in [0.15, 0.2) is 34.3 Å². The molecule has 31 heavy (non-hydrogen) atoms. The zero-order valence-electron chi connectivity index (χ0n) is 17.4. The van der Waals surface area contributed by atoms with Crippen LogP contribution in [0.25, 0.3) is 6.08 Å². The number of carbonyl (C=O) groups is 1. The number of likely N-dealkylation sites (N-methyl/N-ethyl adjacent to an activating group) is 1. The Kier molecular flexibility index (Phi) is 6.89. The van der Waals surface area contributed by atoms with Crippen molar-refractivity contribution in [2.24, 2.45) is 10.9 Å². The molecule has 2 heterocycles. The lowest BCUT2D eigenvalue weighted by Crippen LogP contribution is -2.19. The van der Waals surface area contributed by atoms with Crippen LogP contribution in [-0.4, -0.2) is 54.8 Å². The fraction of sp³-hybridized carbons (Fsp3) is 0.381. The highest BCUT2D eigenvalue weighted by Crippen LogP contribution is 2.33. The number of halogens is 1. The highest BCUT2D eigenvalue weighted by molar-refractivity contribution is 8.17. The molecule has 164 valence electrons. The van der Waals surface area contributed by atoms with Gasteiger partial charge in [0.05, 0.1) is 12.2 Å². The molecule has 0 spiro atoms. The fourth-order valence-electron chi connectivity index (χ4n) is 2.75.